The van der Waals surface area contributed by atoms with Crippen LogP contribution in [0.5, 0.6) is 0 Å². The molecule has 0 aromatic carbocycles. The number of hydrogen-bond donors (Lipinski definition) is 2. The molecule has 0 spiro atoms. The van der Waals surface area contributed by atoms with Gasteiger partial charge in [-0.2, -0.15) is 0 Å². The molecule has 1 aromatic heterocycles. The largest absolute Gasteiger partial charge is 0.357 e. The number of thiophene rings is 1. The van der Waals surface area contributed by atoms with Crippen LogP contribution in [0.25, 0.3) is 0 Å². The molecular formula is C21H28N4O2S. The van der Waals surface area contributed by atoms with Gasteiger partial charge in [0.25, 0.3) is 0 Å². The van der Waals surface area contributed by atoms with Gasteiger partial charge in [0, 0.05) is 30.4 Å². The third-order valence-corrected chi connectivity index (χ3v) is 7.19. The number of fused-ring (bicyclic) bond motifs is 5. The first-order chi connectivity index (χ1) is 13.6. The smallest absolute Gasteiger partial charge is 0.233 e. The topological polar surface area (TPSA) is 73.8 Å². The number of guanidine groups is 1. The molecule has 28 heavy (non-hydrogen) atoms. The average Bonchev–Trinajstić information content (AvgIpc) is 3.46. The lowest BCUT2D eigenvalue weighted by Crippen LogP contribution is -2.43. The van der Waals surface area contributed by atoms with Crippen LogP contribution in [0.15, 0.2) is 34.7 Å². The number of carbonyl (C=O) groups is 2. The normalized spacial score (nSPS) is 29.5. The lowest BCUT2D eigenvalue weighted by Gasteiger charge is -2.19. The van der Waals surface area contributed by atoms with Crippen LogP contribution in [0.4, 0.5) is 0 Å². The van der Waals surface area contributed by atoms with Gasteiger partial charge in [0.15, 0.2) is 5.96 Å². The zero-order chi connectivity index (χ0) is 19.7. The molecule has 3 aliphatic rings. The van der Waals surface area contributed by atoms with Crippen molar-refractivity contribution < 1.29 is 9.59 Å². The highest BCUT2D eigenvalue weighted by atomic mass is 32.1. The Morgan fingerprint density at radius 3 is 2.57 bits per heavy atom. The van der Waals surface area contributed by atoms with Gasteiger partial charge in [-0.15, -0.1) is 11.3 Å². The Labute approximate surface area is 170 Å². The van der Waals surface area contributed by atoms with Gasteiger partial charge in [0.2, 0.25) is 11.8 Å². The van der Waals surface area contributed by atoms with E-state index in [1.54, 1.807) is 11.3 Å². The Kier molecular flexibility index (Phi) is 5.53. The maximum Gasteiger partial charge on any atom is 0.233 e. The number of carbonyl (C=O) groups excluding carboxylic acids is 2. The number of nitrogens with one attached hydrogen (secondary N) is 2. The summed E-state index contributed by atoms with van der Waals surface area (Å²) in [5.41, 5.74) is 0. The quantitative estimate of drug-likeness (QED) is 0.319. The minimum absolute atomic E-state index is 0.0157. The Balaban J connectivity index is 1.31. The highest BCUT2D eigenvalue weighted by molar-refractivity contribution is 7.10. The van der Waals surface area contributed by atoms with E-state index in [2.05, 4.69) is 52.2 Å². The van der Waals surface area contributed by atoms with Crippen molar-refractivity contribution in [3.05, 3.63) is 34.5 Å². The van der Waals surface area contributed by atoms with Crippen LogP contribution >= 0.6 is 11.3 Å². The van der Waals surface area contributed by atoms with E-state index in [4.69, 9.17) is 0 Å². The lowest BCUT2D eigenvalue weighted by atomic mass is 9.85. The molecule has 1 aliphatic heterocycles. The second-order valence-electron chi connectivity index (χ2n) is 7.89. The molecule has 2 fully saturated rings. The second kappa shape index (κ2) is 8.07. The molecular weight excluding hydrogens is 372 g/mol. The van der Waals surface area contributed by atoms with Crippen LogP contribution in [-0.4, -0.2) is 48.9 Å². The zero-order valence-corrected chi connectivity index (χ0v) is 17.2. The second-order valence-corrected chi connectivity index (χ2v) is 8.87. The Bertz CT molecular complexity index is 758. The van der Waals surface area contributed by atoms with Crippen molar-refractivity contribution in [2.24, 2.45) is 28.7 Å². The molecule has 7 heteroatoms. The number of amides is 2. The van der Waals surface area contributed by atoms with Crippen molar-refractivity contribution in [1.82, 2.24) is 15.5 Å². The van der Waals surface area contributed by atoms with Gasteiger partial charge < -0.3 is 10.6 Å². The van der Waals surface area contributed by atoms with E-state index in [-0.39, 0.29) is 35.5 Å². The fourth-order valence-corrected chi connectivity index (χ4v) is 5.48. The molecule has 5 atom stereocenters. The number of imide groups is 1. The summed E-state index contributed by atoms with van der Waals surface area (Å²) in [6, 6.07) is 4.19. The summed E-state index contributed by atoms with van der Waals surface area (Å²) in [6.45, 7) is 6.56. The van der Waals surface area contributed by atoms with Gasteiger partial charge in [0.1, 0.15) is 0 Å². The number of rotatable bonds is 7. The van der Waals surface area contributed by atoms with Gasteiger partial charge in [-0.3, -0.25) is 19.5 Å². The molecule has 150 valence electrons. The number of hydrogen-bond acceptors (Lipinski definition) is 4. The molecule has 4 rings (SSSR count). The van der Waals surface area contributed by atoms with Crippen LogP contribution in [0.1, 0.15) is 31.1 Å². The summed E-state index contributed by atoms with van der Waals surface area (Å²) in [7, 11) is 0. The standard InChI is InChI=1S/C21H28N4O2S/c1-3-22-21(24-12-13(2)16-5-4-10-28-16)23-8-9-25-19(26)17-14-6-7-15(11-14)18(17)20(25)27/h4-7,10,13-15,17-18H,3,8-9,11-12H2,1-2H3,(H2,22,23,24). The first-order valence-corrected chi connectivity index (χ1v) is 11.1. The Morgan fingerprint density at radius 1 is 1.25 bits per heavy atom. The summed E-state index contributed by atoms with van der Waals surface area (Å²) >= 11 is 1.75. The van der Waals surface area contributed by atoms with E-state index in [9.17, 15) is 9.59 Å². The molecule has 1 saturated carbocycles. The number of likely N-dealkylation sites (tertiary alicyclic amines) is 1. The fraction of sp³-hybridized carbons (Fsp3) is 0.571. The summed E-state index contributed by atoms with van der Waals surface area (Å²) in [5, 5.41) is 8.60. The Hall–Kier alpha value is -2.15. The highest BCUT2D eigenvalue weighted by Gasteiger charge is 2.58. The van der Waals surface area contributed by atoms with E-state index in [1.165, 1.54) is 9.78 Å². The molecule has 2 heterocycles. The van der Waals surface area contributed by atoms with E-state index < -0.39 is 0 Å². The summed E-state index contributed by atoms with van der Waals surface area (Å²) in [6.07, 6.45) is 5.23. The third kappa shape index (κ3) is 3.48. The maximum atomic E-state index is 12.7. The molecule has 1 aromatic rings. The van der Waals surface area contributed by atoms with Crippen molar-refractivity contribution in [2.75, 3.05) is 26.2 Å². The minimum Gasteiger partial charge on any atom is -0.357 e. The van der Waals surface area contributed by atoms with Crippen molar-refractivity contribution in [2.45, 2.75) is 26.2 Å². The first-order valence-electron chi connectivity index (χ1n) is 10.2. The first kappa shape index (κ1) is 19.2. The highest BCUT2D eigenvalue weighted by Crippen LogP contribution is 2.52. The van der Waals surface area contributed by atoms with Crippen LogP contribution in [0, 0.1) is 23.7 Å². The molecule has 6 nitrogen and oxygen atoms in total. The van der Waals surface area contributed by atoms with Crippen molar-refractivity contribution in [1.29, 1.82) is 0 Å². The van der Waals surface area contributed by atoms with E-state index in [1.807, 2.05) is 6.92 Å². The van der Waals surface area contributed by atoms with Crippen molar-refractivity contribution in [3.63, 3.8) is 0 Å². The predicted octanol–water partition coefficient (Wildman–Crippen LogP) is 2.21. The fourth-order valence-electron chi connectivity index (χ4n) is 4.70. The summed E-state index contributed by atoms with van der Waals surface area (Å²) < 4.78 is 0. The number of nitrogens with zero attached hydrogens (tertiary/aromatic N) is 2. The molecule has 1 saturated heterocycles. The van der Waals surface area contributed by atoms with Crippen molar-refractivity contribution in [3.8, 4) is 0 Å². The van der Waals surface area contributed by atoms with E-state index in [0.717, 1.165) is 18.9 Å². The van der Waals surface area contributed by atoms with Gasteiger partial charge in [-0.1, -0.05) is 25.1 Å². The maximum absolute atomic E-state index is 12.7. The average molecular weight is 401 g/mol. The Morgan fingerprint density at radius 2 is 1.96 bits per heavy atom. The van der Waals surface area contributed by atoms with Crippen molar-refractivity contribution >= 4 is 29.1 Å². The number of aliphatic imine (C=N–C) groups is 1. The van der Waals surface area contributed by atoms with Gasteiger partial charge in [-0.05, 0) is 36.6 Å². The molecule has 2 aliphatic carbocycles. The monoisotopic (exact) mass is 400 g/mol. The van der Waals surface area contributed by atoms with Gasteiger partial charge >= 0.3 is 0 Å². The number of allylic oxidation sites excluding steroid dienone is 2. The van der Waals surface area contributed by atoms with E-state index in [0.29, 0.717) is 25.6 Å². The van der Waals surface area contributed by atoms with Crippen LogP contribution in [-0.2, 0) is 9.59 Å². The van der Waals surface area contributed by atoms with E-state index >= 15 is 0 Å². The third-order valence-electron chi connectivity index (χ3n) is 6.09. The minimum atomic E-state index is -0.115. The molecule has 5 unspecified atom stereocenters. The van der Waals surface area contributed by atoms with Crippen LogP contribution < -0.4 is 10.6 Å². The van der Waals surface area contributed by atoms with Gasteiger partial charge in [-0.25, -0.2) is 0 Å². The van der Waals surface area contributed by atoms with Crippen LogP contribution in [0.2, 0.25) is 0 Å². The van der Waals surface area contributed by atoms with Gasteiger partial charge in [0.05, 0.1) is 18.4 Å². The molecule has 0 radical (unpaired) electrons. The predicted molar refractivity (Wildman–Crippen MR) is 111 cm³/mol. The SMILES string of the molecule is CCNC(=NCC(C)c1cccs1)NCCN1C(=O)C2C3C=CC(C3)C2C1=O. The lowest BCUT2D eigenvalue weighted by molar-refractivity contribution is -0.140. The summed E-state index contributed by atoms with van der Waals surface area (Å²) in [5.74, 6) is 1.42. The summed E-state index contributed by atoms with van der Waals surface area (Å²) in [4.78, 5) is 32.9. The molecule has 2 N–H and O–H groups in total. The zero-order valence-electron chi connectivity index (χ0n) is 16.4. The molecule has 2 amide bonds. The molecule has 2 bridgehead atoms. The van der Waals surface area contributed by atoms with Crippen LogP contribution in [0.3, 0.4) is 0 Å².